The average molecular weight is 418 g/mol. The minimum Gasteiger partial charge on any atom is -0.385 e. The fourth-order valence-electron chi connectivity index (χ4n) is 4.63. The molecule has 2 aliphatic rings. The normalized spacial score (nSPS) is 23.1. The lowest BCUT2D eigenvalue weighted by Crippen LogP contribution is -2.50. The quantitative estimate of drug-likeness (QED) is 0.711. The molecule has 2 aromatic heterocycles. The first-order chi connectivity index (χ1) is 14.5. The molecule has 0 aliphatic carbocycles. The molecule has 0 spiro atoms. The Kier molecular flexibility index (Phi) is 6.19. The maximum atomic E-state index is 13.2. The third-order valence-corrected chi connectivity index (χ3v) is 6.36. The molecule has 2 aromatic rings. The number of ether oxygens (including phenoxy) is 2. The summed E-state index contributed by atoms with van der Waals surface area (Å²) in [5, 5.41) is 8.72. The molecule has 1 atom stereocenters. The van der Waals surface area contributed by atoms with Gasteiger partial charge in [0.1, 0.15) is 5.69 Å². The molecule has 0 N–H and O–H groups in total. The van der Waals surface area contributed by atoms with Gasteiger partial charge in [0.05, 0.1) is 11.1 Å². The third kappa shape index (κ3) is 4.13. The number of rotatable bonds is 6. The van der Waals surface area contributed by atoms with E-state index in [1.165, 1.54) is 0 Å². The molecule has 30 heavy (non-hydrogen) atoms. The van der Waals surface area contributed by atoms with Gasteiger partial charge in [-0.05, 0) is 45.1 Å². The van der Waals surface area contributed by atoms with E-state index in [0.29, 0.717) is 37.1 Å². The first-order valence-electron chi connectivity index (χ1n) is 10.7. The second-order valence-electron chi connectivity index (χ2n) is 8.49. The van der Waals surface area contributed by atoms with Crippen molar-refractivity contribution in [1.82, 2.24) is 24.8 Å². The molecular formula is C21H31N5O4. The van der Waals surface area contributed by atoms with Crippen molar-refractivity contribution >= 4 is 5.91 Å². The predicted molar refractivity (Wildman–Crippen MR) is 108 cm³/mol. The molecule has 164 valence electrons. The van der Waals surface area contributed by atoms with Crippen molar-refractivity contribution in [3.8, 4) is 0 Å². The summed E-state index contributed by atoms with van der Waals surface area (Å²) in [5.41, 5.74) is 1.07. The minimum atomic E-state index is -0.371. The second-order valence-corrected chi connectivity index (χ2v) is 8.49. The van der Waals surface area contributed by atoms with E-state index in [1.54, 1.807) is 11.8 Å². The first-order valence-corrected chi connectivity index (χ1v) is 10.7. The maximum absolute atomic E-state index is 13.2. The number of amides is 1. The number of carbonyl (C=O) groups is 1. The molecule has 0 radical (unpaired) electrons. The Morgan fingerprint density at radius 3 is 2.87 bits per heavy atom. The Morgan fingerprint density at radius 2 is 2.17 bits per heavy atom. The van der Waals surface area contributed by atoms with Gasteiger partial charge in [-0.3, -0.25) is 9.48 Å². The number of aromatic nitrogens is 4. The lowest BCUT2D eigenvalue weighted by molar-refractivity contribution is 0.0557. The first kappa shape index (κ1) is 21.0. The van der Waals surface area contributed by atoms with Crippen LogP contribution in [0.5, 0.6) is 0 Å². The molecule has 9 nitrogen and oxygen atoms in total. The van der Waals surface area contributed by atoms with Crippen LogP contribution in [0.3, 0.4) is 0 Å². The summed E-state index contributed by atoms with van der Waals surface area (Å²) >= 11 is 0. The number of nitrogens with zero attached hydrogens (tertiary/aromatic N) is 5. The molecule has 1 amide bonds. The van der Waals surface area contributed by atoms with Crippen molar-refractivity contribution in [2.75, 3.05) is 40.0 Å². The highest BCUT2D eigenvalue weighted by atomic mass is 16.5. The maximum Gasteiger partial charge on any atom is 0.272 e. The summed E-state index contributed by atoms with van der Waals surface area (Å²) in [6.07, 6.45) is 4.32. The van der Waals surface area contributed by atoms with Crippen LogP contribution in [-0.2, 0) is 21.9 Å². The Balaban J connectivity index is 1.59. The molecule has 4 rings (SSSR count). The number of hydrogen-bond acceptors (Lipinski definition) is 7. The van der Waals surface area contributed by atoms with E-state index in [-0.39, 0.29) is 17.2 Å². The van der Waals surface area contributed by atoms with Crippen LogP contribution in [0.2, 0.25) is 0 Å². The van der Waals surface area contributed by atoms with Crippen molar-refractivity contribution in [3.63, 3.8) is 0 Å². The van der Waals surface area contributed by atoms with Gasteiger partial charge in [-0.2, -0.15) is 10.1 Å². The fourth-order valence-corrected chi connectivity index (χ4v) is 4.63. The van der Waals surface area contributed by atoms with Gasteiger partial charge < -0.3 is 18.9 Å². The van der Waals surface area contributed by atoms with Crippen LogP contribution in [-0.4, -0.2) is 70.7 Å². The zero-order valence-electron chi connectivity index (χ0n) is 18.1. The molecule has 2 saturated heterocycles. The van der Waals surface area contributed by atoms with Gasteiger partial charge in [0.15, 0.2) is 5.82 Å². The summed E-state index contributed by atoms with van der Waals surface area (Å²) in [4.78, 5) is 20.0. The van der Waals surface area contributed by atoms with E-state index in [4.69, 9.17) is 19.0 Å². The van der Waals surface area contributed by atoms with E-state index in [9.17, 15) is 4.79 Å². The highest BCUT2D eigenvalue weighted by molar-refractivity contribution is 5.92. The Hall–Kier alpha value is -2.26. The van der Waals surface area contributed by atoms with Crippen LogP contribution in [0.4, 0.5) is 0 Å². The predicted octanol–water partition coefficient (Wildman–Crippen LogP) is 2.22. The standard InChI is InChI=1S/C21H31N5O4/c1-15-13-17(25(2)23-15)19(27)26-9-4-7-21(14-26,8-12-28-3)20-22-18(30-24-20)16-5-10-29-11-6-16/h13,16H,4-12,14H2,1-3H3. The highest BCUT2D eigenvalue weighted by Gasteiger charge is 2.43. The van der Waals surface area contributed by atoms with Crippen LogP contribution >= 0.6 is 0 Å². The zero-order chi connectivity index (χ0) is 21.1. The monoisotopic (exact) mass is 417 g/mol. The van der Waals surface area contributed by atoms with Gasteiger partial charge in [0.25, 0.3) is 5.91 Å². The lowest BCUT2D eigenvalue weighted by Gasteiger charge is -2.40. The second kappa shape index (κ2) is 8.85. The van der Waals surface area contributed by atoms with Gasteiger partial charge in [-0.1, -0.05) is 5.16 Å². The summed E-state index contributed by atoms with van der Waals surface area (Å²) in [5.74, 6) is 1.63. The Labute approximate surface area is 176 Å². The van der Waals surface area contributed by atoms with Crippen LogP contribution in [0.1, 0.15) is 65.9 Å². The van der Waals surface area contributed by atoms with Gasteiger partial charge >= 0.3 is 0 Å². The average Bonchev–Trinajstić information content (AvgIpc) is 3.39. The summed E-state index contributed by atoms with van der Waals surface area (Å²) in [6.45, 7) is 5.18. The van der Waals surface area contributed by atoms with Crippen molar-refractivity contribution in [2.45, 2.75) is 50.4 Å². The van der Waals surface area contributed by atoms with E-state index in [0.717, 1.165) is 51.0 Å². The molecule has 0 saturated carbocycles. The Bertz CT molecular complexity index is 873. The number of aryl methyl sites for hydroxylation is 2. The molecule has 0 bridgehead atoms. The lowest BCUT2D eigenvalue weighted by atomic mass is 9.76. The van der Waals surface area contributed by atoms with E-state index < -0.39 is 0 Å². The fraction of sp³-hybridized carbons (Fsp3) is 0.714. The molecule has 4 heterocycles. The number of likely N-dealkylation sites (tertiary alicyclic amines) is 1. The van der Waals surface area contributed by atoms with Crippen LogP contribution < -0.4 is 0 Å². The van der Waals surface area contributed by atoms with Crippen molar-refractivity contribution in [1.29, 1.82) is 0 Å². The third-order valence-electron chi connectivity index (χ3n) is 6.36. The van der Waals surface area contributed by atoms with Crippen LogP contribution in [0.25, 0.3) is 0 Å². The highest BCUT2D eigenvalue weighted by Crippen LogP contribution is 2.37. The summed E-state index contributed by atoms with van der Waals surface area (Å²) < 4.78 is 18.2. The van der Waals surface area contributed by atoms with E-state index >= 15 is 0 Å². The number of methoxy groups -OCH3 is 1. The van der Waals surface area contributed by atoms with E-state index in [1.807, 2.05) is 24.9 Å². The van der Waals surface area contributed by atoms with Gasteiger partial charge in [0.2, 0.25) is 5.89 Å². The smallest absolute Gasteiger partial charge is 0.272 e. The minimum absolute atomic E-state index is 0.00672. The molecule has 2 aliphatic heterocycles. The largest absolute Gasteiger partial charge is 0.385 e. The zero-order valence-corrected chi connectivity index (χ0v) is 18.1. The van der Waals surface area contributed by atoms with Crippen molar-refractivity contribution in [3.05, 3.63) is 29.2 Å². The molecule has 1 unspecified atom stereocenters. The van der Waals surface area contributed by atoms with Gasteiger partial charge in [0, 0.05) is 53.0 Å². The SMILES string of the molecule is COCCC1(c2noc(C3CCOCC3)n2)CCCN(C(=O)c2cc(C)nn2C)C1. The number of piperidine rings is 1. The van der Waals surface area contributed by atoms with Gasteiger partial charge in [-0.15, -0.1) is 0 Å². The van der Waals surface area contributed by atoms with Crippen LogP contribution in [0, 0.1) is 6.92 Å². The van der Waals surface area contributed by atoms with E-state index in [2.05, 4.69) is 10.3 Å². The summed E-state index contributed by atoms with van der Waals surface area (Å²) in [7, 11) is 3.50. The molecule has 2 fully saturated rings. The molecule has 0 aromatic carbocycles. The molecular weight excluding hydrogens is 386 g/mol. The number of hydrogen-bond donors (Lipinski definition) is 0. The van der Waals surface area contributed by atoms with Crippen molar-refractivity contribution in [2.24, 2.45) is 7.05 Å². The topological polar surface area (TPSA) is 95.5 Å². The van der Waals surface area contributed by atoms with Crippen LogP contribution in [0.15, 0.2) is 10.6 Å². The van der Waals surface area contributed by atoms with Crippen molar-refractivity contribution < 1.29 is 18.8 Å². The molecule has 9 heteroatoms. The summed E-state index contributed by atoms with van der Waals surface area (Å²) in [6, 6.07) is 1.84. The number of carbonyl (C=O) groups excluding carboxylic acids is 1. The Morgan fingerprint density at radius 1 is 1.37 bits per heavy atom. The van der Waals surface area contributed by atoms with Gasteiger partial charge in [-0.25, -0.2) is 0 Å².